The van der Waals surface area contributed by atoms with Crippen LogP contribution in [-0.4, -0.2) is 42.1 Å². The molecule has 0 radical (unpaired) electrons. The number of hydrogen-bond acceptors (Lipinski definition) is 4. The second-order valence-corrected chi connectivity index (χ2v) is 6.64. The lowest BCUT2D eigenvalue weighted by Gasteiger charge is -2.42. The van der Waals surface area contributed by atoms with Crippen molar-refractivity contribution in [1.29, 1.82) is 0 Å². The largest absolute Gasteiger partial charge is 0.465 e. The number of rotatable bonds is 6. The van der Waals surface area contributed by atoms with E-state index in [9.17, 15) is 4.79 Å². The van der Waals surface area contributed by atoms with Gasteiger partial charge in [0.2, 0.25) is 0 Å². The van der Waals surface area contributed by atoms with Gasteiger partial charge in [-0.2, -0.15) is 0 Å². The fourth-order valence-corrected chi connectivity index (χ4v) is 3.97. The van der Waals surface area contributed by atoms with Crippen LogP contribution in [0.15, 0.2) is 0 Å². The number of esters is 1. The average Bonchev–Trinajstić information content (AvgIpc) is 2.54. The monoisotopic (exact) mass is 296 g/mol. The van der Waals surface area contributed by atoms with Crippen LogP contribution in [0.2, 0.25) is 0 Å². The van der Waals surface area contributed by atoms with Crippen LogP contribution in [0.1, 0.15) is 71.1 Å². The fourth-order valence-electron chi connectivity index (χ4n) is 3.97. The molecule has 2 aliphatic rings. The molecule has 0 spiro atoms. The zero-order valence-electron chi connectivity index (χ0n) is 13.6. The minimum atomic E-state index is -0.492. The van der Waals surface area contributed by atoms with Crippen LogP contribution in [0.3, 0.4) is 0 Å². The first-order valence-electron chi connectivity index (χ1n) is 8.90. The van der Waals surface area contributed by atoms with Gasteiger partial charge in [0.25, 0.3) is 0 Å². The summed E-state index contributed by atoms with van der Waals surface area (Å²) in [6, 6.07) is 0.762. The summed E-state index contributed by atoms with van der Waals surface area (Å²) in [6.07, 6.45) is 13.1. The van der Waals surface area contributed by atoms with Gasteiger partial charge in [-0.25, -0.2) is 0 Å². The van der Waals surface area contributed by atoms with Crippen molar-refractivity contribution in [2.75, 3.05) is 13.2 Å². The highest BCUT2D eigenvalue weighted by Gasteiger charge is 2.31. The summed E-state index contributed by atoms with van der Waals surface area (Å²) >= 11 is 0. The normalized spacial score (nSPS) is 23.2. The van der Waals surface area contributed by atoms with Crippen LogP contribution >= 0.6 is 0 Å². The highest BCUT2D eigenvalue weighted by atomic mass is 16.5. The van der Waals surface area contributed by atoms with E-state index in [4.69, 9.17) is 10.5 Å². The molecule has 0 aromatic rings. The van der Waals surface area contributed by atoms with Crippen molar-refractivity contribution >= 4 is 5.97 Å². The van der Waals surface area contributed by atoms with Crippen molar-refractivity contribution < 1.29 is 9.53 Å². The van der Waals surface area contributed by atoms with Gasteiger partial charge in [-0.05, 0) is 32.6 Å². The van der Waals surface area contributed by atoms with E-state index in [1.54, 1.807) is 0 Å². The molecule has 2 aliphatic carbocycles. The van der Waals surface area contributed by atoms with Crippen LogP contribution in [0.4, 0.5) is 0 Å². The van der Waals surface area contributed by atoms with Crippen LogP contribution in [0.25, 0.3) is 0 Å². The summed E-state index contributed by atoms with van der Waals surface area (Å²) < 4.78 is 5.09. The first-order chi connectivity index (χ1) is 10.2. The van der Waals surface area contributed by atoms with Crippen molar-refractivity contribution in [1.82, 2.24) is 4.90 Å². The molecule has 2 rings (SSSR count). The summed E-state index contributed by atoms with van der Waals surface area (Å²) in [6.45, 7) is 2.93. The quantitative estimate of drug-likeness (QED) is 0.766. The average molecular weight is 296 g/mol. The van der Waals surface area contributed by atoms with E-state index in [0.29, 0.717) is 25.2 Å². The maximum absolute atomic E-state index is 11.9. The van der Waals surface area contributed by atoms with Gasteiger partial charge >= 0.3 is 5.97 Å². The predicted molar refractivity (Wildman–Crippen MR) is 85.1 cm³/mol. The zero-order valence-corrected chi connectivity index (χ0v) is 13.6. The van der Waals surface area contributed by atoms with Gasteiger partial charge in [0.05, 0.1) is 6.61 Å². The first-order valence-corrected chi connectivity index (χ1v) is 8.90. The van der Waals surface area contributed by atoms with E-state index < -0.39 is 6.04 Å². The molecule has 0 aromatic carbocycles. The Morgan fingerprint density at radius 1 is 1.05 bits per heavy atom. The van der Waals surface area contributed by atoms with E-state index in [1.807, 2.05) is 6.92 Å². The summed E-state index contributed by atoms with van der Waals surface area (Å²) in [5.74, 6) is -0.242. The lowest BCUT2D eigenvalue weighted by molar-refractivity contribution is -0.145. The number of nitrogens with two attached hydrogens (primary N) is 1. The molecule has 1 atom stereocenters. The van der Waals surface area contributed by atoms with E-state index in [-0.39, 0.29) is 5.97 Å². The minimum Gasteiger partial charge on any atom is -0.465 e. The van der Waals surface area contributed by atoms with Crippen molar-refractivity contribution in [3.05, 3.63) is 0 Å². The third-order valence-electron chi connectivity index (χ3n) is 5.08. The summed E-state index contributed by atoms with van der Waals surface area (Å²) in [4.78, 5) is 14.4. The molecular weight excluding hydrogens is 264 g/mol. The molecule has 0 heterocycles. The van der Waals surface area contributed by atoms with Crippen LogP contribution in [-0.2, 0) is 9.53 Å². The number of hydrogen-bond donors (Lipinski definition) is 1. The highest BCUT2D eigenvalue weighted by molar-refractivity contribution is 5.75. The Labute approximate surface area is 129 Å². The van der Waals surface area contributed by atoms with Gasteiger partial charge in [0.15, 0.2) is 0 Å². The van der Waals surface area contributed by atoms with Crippen LogP contribution in [0, 0.1) is 0 Å². The Morgan fingerprint density at radius 3 is 1.95 bits per heavy atom. The maximum atomic E-state index is 11.9. The van der Waals surface area contributed by atoms with Gasteiger partial charge < -0.3 is 10.5 Å². The standard InChI is InChI=1S/C17H32N2O2/c1-2-21-17(20)16(18)13-19(14-9-5-3-6-10-14)15-11-7-4-8-12-15/h14-16H,2-13,18H2,1H3. The third-order valence-corrected chi connectivity index (χ3v) is 5.08. The number of ether oxygens (including phenoxy) is 1. The van der Waals surface area contributed by atoms with Gasteiger partial charge in [0, 0.05) is 18.6 Å². The van der Waals surface area contributed by atoms with Gasteiger partial charge in [-0.1, -0.05) is 38.5 Å². The molecule has 4 nitrogen and oxygen atoms in total. The molecule has 4 heteroatoms. The second-order valence-electron chi connectivity index (χ2n) is 6.64. The Kier molecular flexibility index (Phi) is 6.97. The number of nitrogens with zero attached hydrogens (tertiary/aromatic N) is 1. The molecule has 0 bridgehead atoms. The summed E-state index contributed by atoms with van der Waals surface area (Å²) in [7, 11) is 0. The first kappa shape index (κ1) is 16.8. The molecule has 2 N–H and O–H groups in total. The molecule has 21 heavy (non-hydrogen) atoms. The SMILES string of the molecule is CCOC(=O)C(N)CN(C1CCCCC1)C1CCCCC1. The molecule has 0 saturated heterocycles. The molecule has 0 aliphatic heterocycles. The lowest BCUT2D eigenvalue weighted by Crippen LogP contribution is -2.52. The summed E-state index contributed by atoms with van der Waals surface area (Å²) in [5.41, 5.74) is 6.10. The zero-order chi connectivity index (χ0) is 15.1. The van der Waals surface area contributed by atoms with Crippen molar-refractivity contribution in [2.24, 2.45) is 5.73 Å². The van der Waals surface area contributed by atoms with Crippen LogP contribution < -0.4 is 5.73 Å². The van der Waals surface area contributed by atoms with Gasteiger partial charge in [-0.15, -0.1) is 0 Å². The van der Waals surface area contributed by atoms with E-state index in [2.05, 4.69) is 4.90 Å². The Morgan fingerprint density at radius 2 is 1.52 bits per heavy atom. The summed E-state index contributed by atoms with van der Waals surface area (Å²) in [5, 5.41) is 0. The second kappa shape index (κ2) is 8.74. The van der Waals surface area contributed by atoms with Crippen molar-refractivity contribution in [3.63, 3.8) is 0 Å². The van der Waals surface area contributed by atoms with Crippen molar-refractivity contribution in [3.8, 4) is 0 Å². The van der Waals surface area contributed by atoms with E-state index in [1.165, 1.54) is 64.2 Å². The Balaban J connectivity index is 1.98. The maximum Gasteiger partial charge on any atom is 0.324 e. The Hall–Kier alpha value is -0.610. The minimum absolute atomic E-state index is 0.242. The predicted octanol–water partition coefficient (Wildman–Crippen LogP) is 2.84. The lowest BCUT2D eigenvalue weighted by atomic mass is 9.88. The van der Waals surface area contributed by atoms with Crippen molar-refractivity contribution in [2.45, 2.75) is 89.3 Å². The molecule has 0 amide bonds. The molecule has 2 fully saturated rings. The van der Waals surface area contributed by atoms with Crippen LogP contribution in [0.5, 0.6) is 0 Å². The van der Waals surface area contributed by atoms with Gasteiger partial charge in [0.1, 0.15) is 6.04 Å². The topological polar surface area (TPSA) is 55.6 Å². The van der Waals surface area contributed by atoms with E-state index >= 15 is 0 Å². The Bertz CT molecular complexity index is 292. The molecule has 1 unspecified atom stereocenters. The molecule has 2 saturated carbocycles. The van der Waals surface area contributed by atoms with E-state index in [0.717, 1.165) is 0 Å². The highest BCUT2D eigenvalue weighted by Crippen LogP contribution is 2.30. The molecule has 0 aromatic heterocycles. The third kappa shape index (κ3) is 4.96. The van der Waals surface area contributed by atoms with Gasteiger partial charge in [-0.3, -0.25) is 9.69 Å². The fraction of sp³-hybridized carbons (Fsp3) is 0.941. The molecule has 122 valence electrons. The smallest absolute Gasteiger partial charge is 0.324 e. The number of carbonyl (C=O) groups is 1. The molecular formula is C17H32N2O2. The number of carbonyl (C=O) groups excluding carboxylic acids is 1.